The number of aromatic nitrogens is 2. The standard InChI is InChI=1S/C4H5BrClN3/c1-9-3(6)2(5)4(7)8-9/h1H3,(H2,7,8). The maximum absolute atomic E-state index is 5.67. The van der Waals surface area contributed by atoms with Crippen LogP contribution in [0.3, 0.4) is 0 Å². The minimum Gasteiger partial charge on any atom is -0.381 e. The average molecular weight is 210 g/mol. The van der Waals surface area contributed by atoms with Gasteiger partial charge in [0.15, 0.2) is 5.82 Å². The fraction of sp³-hybridized carbons (Fsp3) is 0.250. The fourth-order valence-corrected chi connectivity index (χ4v) is 0.968. The average Bonchev–Trinajstić information content (AvgIpc) is 1.98. The Bertz CT molecular complexity index is 209. The van der Waals surface area contributed by atoms with Crippen LogP contribution in [-0.4, -0.2) is 9.78 Å². The molecule has 0 saturated heterocycles. The lowest BCUT2D eigenvalue weighted by Gasteiger charge is -1.86. The van der Waals surface area contributed by atoms with Crippen molar-refractivity contribution in [2.45, 2.75) is 0 Å². The number of nitrogen functional groups attached to an aromatic ring is 1. The maximum Gasteiger partial charge on any atom is 0.161 e. The first-order valence-electron chi connectivity index (χ1n) is 2.26. The molecule has 0 fully saturated rings. The van der Waals surface area contributed by atoms with Gasteiger partial charge in [-0.1, -0.05) is 11.6 Å². The van der Waals surface area contributed by atoms with Crippen LogP contribution in [0.2, 0.25) is 5.15 Å². The van der Waals surface area contributed by atoms with E-state index in [0.29, 0.717) is 15.4 Å². The SMILES string of the molecule is Cn1nc(N)c(Br)c1Cl. The molecule has 0 radical (unpaired) electrons. The largest absolute Gasteiger partial charge is 0.381 e. The van der Waals surface area contributed by atoms with Crippen LogP contribution < -0.4 is 5.73 Å². The minimum absolute atomic E-state index is 0.419. The molecular weight excluding hydrogens is 205 g/mol. The Hall–Kier alpha value is -0.220. The van der Waals surface area contributed by atoms with Crippen molar-refractivity contribution in [1.82, 2.24) is 9.78 Å². The number of nitrogens with two attached hydrogens (primary N) is 1. The summed E-state index contributed by atoms with van der Waals surface area (Å²) in [6, 6.07) is 0. The van der Waals surface area contributed by atoms with E-state index in [9.17, 15) is 0 Å². The normalized spacial score (nSPS) is 10.1. The summed E-state index contributed by atoms with van der Waals surface area (Å²) in [7, 11) is 1.73. The van der Waals surface area contributed by atoms with Crippen molar-refractivity contribution in [3.05, 3.63) is 9.63 Å². The summed E-state index contributed by atoms with van der Waals surface area (Å²) < 4.78 is 2.16. The molecule has 9 heavy (non-hydrogen) atoms. The Morgan fingerprint density at radius 2 is 2.33 bits per heavy atom. The predicted molar refractivity (Wildman–Crippen MR) is 40.3 cm³/mol. The molecule has 0 amide bonds. The van der Waals surface area contributed by atoms with Gasteiger partial charge in [0.1, 0.15) is 5.15 Å². The van der Waals surface area contributed by atoms with Crippen molar-refractivity contribution in [1.29, 1.82) is 0 Å². The predicted octanol–water partition coefficient (Wildman–Crippen LogP) is 1.42. The molecular formula is C4H5BrClN3. The molecule has 0 aromatic carbocycles. The lowest BCUT2D eigenvalue weighted by molar-refractivity contribution is 0.773. The Kier molecular flexibility index (Phi) is 1.68. The van der Waals surface area contributed by atoms with Crippen molar-refractivity contribution in [2.75, 3.05) is 5.73 Å². The number of aryl methyl sites for hydroxylation is 1. The van der Waals surface area contributed by atoms with Gasteiger partial charge in [-0.05, 0) is 15.9 Å². The molecule has 5 heteroatoms. The summed E-state index contributed by atoms with van der Waals surface area (Å²) in [5, 5.41) is 4.35. The van der Waals surface area contributed by atoms with E-state index in [1.807, 2.05) is 0 Å². The van der Waals surface area contributed by atoms with Gasteiger partial charge in [-0.25, -0.2) is 0 Å². The third-order valence-electron chi connectivity index (χ3n) is 0.948. The summed E-state index contributed by atoms with van der Waals surface area (Å²) in [5.41, 5.74) is 5.38. The van der Waals surface area contributed by atoms with E-state index in [2.05, 4.69) is 21.0 Å². The molecule has 0 atom stereocenters. The molecule has 1 rings (SSSR count). The third-order valence-corrected chi connectivity index (χ3v) is 2.39. The van der Waals surface area contributed by atoms with Crippen LogP contribution >= 0.6 is 27.5 Å². The van der Waals surface area contributed by atoms with Crippen molar-refractivity contribution in [2.24, 2.45) is 7.05 Å². The Labute approximate surface area is 65.9 Å². The molecule has 1 heterocycles. The highest BCUT2D eigenvalue weighted by molar-refractivity contribution is 9.10. The van der Waals surface area contributed by atoms with Crippen LogP contribution in [0.15, 0.2) is 4.47 Å². The highest BCUT2D eigenvalue weighted by Crippen LogP contribution is 2.26. The Morgan fingerprint density at radius 3 is 2.44 bits per heavy atom. The van der Waals surface area contributed by atoms with Gasteiger partial charge in [0.25, 0.3) is 0 Å². The molecule has 50 valence electrons. The number of hydrogen-bond acceptors (Lipinski definition) is 2. The van der Waals surface area contributed by atoms with Crippen LogP contribution in [0.4, 0.5) is 5.82 Å². The molecule has 0 unspecified atom stereocenters. The van der Waals surface area contributed by atoms with Gasteiger partial charge in [-0.2, -0.15) is 5.10 Å². The highest BCUT2D eigenvalue weighted by atomic mass is 79.9. The smallest absolute Gasteiger partial charge is 0.161 e. The molecule has 0 saturated carbocycles. The molecule has 0 aliphatic heterocycles. The monoisotopic (exact) mass is 209 g/mol. The van der Waals surface area contributed by atoms with Crippen molar-refractivity contribution in [3.8, 4) is 0 Å². The first-order chi connectivity index (χ1) is 4.13. The zero-order valence-electron chi connectivity index (χ0n) is 4.73. The van der Waals surface area contributed by atoms with Gasteiger partial charge in [-0.3, -0.25) is 4.68 Å². The lowest BCUT2D eigenvalue weighted by Crippen LogP contribution is -1.91. The summed E-state index contributed by atoms with van der Waals surface area (Å²) in [4.78, 5) is 0. The highest BCUT2D eigenvalue weighted by Gasteiger charge is 2.06. The Morgan fingerprint density at radius 1 is 1.78 bits per heavy atom. The van der Waals surface area contributed by atoms with Crippen LogP contribution in [-0.2, 0) is 7.05 Å². The van der Waals surface area contributed by atoms with E-state index in [1.54, 1.807) is 7.05 Å². The second kappa shape index (κ2) is 2.19. The topological polar surface area (TPSA) is 43.8 Å². The van der Waals surface area contributed by atoms with E-state index in [1.165, 1.54) is 4.68 Å². The molecule has 3 nitrogen and oxygen atoms in total. The zero-order chi connectivity index (χ0) is 7.02. The molecule has 1 aromatic rings. The molecule has 0 aliphatic carbocycles. The van der Waals surface area contributed by atoms with Gasteiger partial charge < -0.3 is 5.73 Å². The summed E-state index contributed by atoms with van der Waals surface area (Å²) in [6.45, 7) is 0. The van der Waals surface area contributed by atoms with Crippen LogP contribution in [0, 0.1) is 0 Å². The maximum atomic E-state index is 5.67. The van der Waals surface area contributed by atoms with Gasteiger partial charge in [0.2, 0.25) is 0 Å². The number of rotatable bonds is 0. The molecule has 1 aromatic heterocycles. The van der Waals surface area contributed by atoms with E-state index < -0.39 is 0 Å². The van der Waals surface area contributed by atoms with Crippen LogP contribution in [0.25, 0.3) is 0 Å². The van der Waals surface area contributed by atoms with E-state index >= 15 is 0 Å². The third kappa shape index (κ3) is 1.04. The van der Waals surface area contributed by atoms with E-state index in [4.69, 9.17) is 17.3 Å². The van der Waals surface area contributed by atoms with Crippen molar-refractivity contribution < 1.29 is 0 Å². The second-order valence-electron chi connectivity index (χ2n) is 1.61. The van der Waals surface area contributed by atoms with E-state index in [-0.39, 0.29) is 0 Å². The van der Waals surface area contributed by atoms with Crippen LogP contribution in [0.5, 0.6) is 0 Å². The van der Waals surface area contributed by atoms with Crippen molar-refractivity contribution in [3.63, 3.8) is 0 Å². The molecule has 0 bridgehead atoms. The molecule has 2 N–H and O–H groups in total. The summed E-state index contributed by atoms with van der Waals surface area (Å²) in [6.07, 6.45) is 0. The van der Waals surface area contributed by atoms with Crippen LogP contribution in [0.1, 0.15) is 0 Å². The molecule has 0 aliphatic rings. The number of hydrogen-bond donors (Lipinski definition) is 1. The van der Waals surface area contributed by atoms with Gasteiger partial charge in [0, 0.05) is 7.05 Å². The lowest BCUT2D eigenvalue weighted by atomic mass is 10.7. The van der Waals surface area contributed by atoms with Gasteiger partial charge >= 0.3 is 0 Å². The van der Waals surface area contributed by atoms with Gasteiger partial charge in [0.05, 0.1) is 4.47 Å². The Balaban J connectivity index is 3.29. The first-order valence-corrected chi connectivity index (χ1v) is 3.43. The van der Waals surface area contributed by atoms with Gasteiger partial charge in [-0.15, -0.1) is 0 Å². The summed E-state index contributed by atoms with van der Waals surface area (Å²) in [5.74, 6) is 0.419. The van der Waals surface area contributed by atoms with Crippen molar-refractivity contribution >= 4 is 33.3 Å². The number of anilines is 1. The minimum atomic E-state index is 0.419. The second-order valence-corrected chi connectivity index (χ2v) is 2.76. The summed E-state index contributed by atoms with van der Waals surface area (Å²) >= 11 is 8.83. The first kappa shape index (κ1) is 6.89. The zero-order valence-corrected chi connectivity index (χ0v) is 7.07. The quantitative estimate of drug-likeness (QED) is 0.704. The number of halogens is 2. The van der Waals surface area contributed by atoms with E-state index in [0.717, 1.165) is 0 Å². The number of nitrogens with zero attached hydrogens (tertiary/aromatic N) is 2. The fourth-order valence-electron chi connectivity index (χ4n) is 0.497. The molecule has 0 spiro atoms.